The Labute approximate surface area is 191 Å². The van der Waals surface area contributed by atoms with Gasteiger partial charge in [0.2, 0.25) is 0 Å². The molecule has 3 aromatic rings. The first kappa shape index (κ1) is 21.4. The molecular weight excluding hydrogens is 424 g/mol. The van der Waals surface area contributed by atoms with Crippen molar-refractivity contribution >= 4 is 17.4 Å². The molecule has 2 heterocycles. The van der Waals surface area contributed by atoms with Gasteiger partial charge in [0.05, 0.1) is 24.4 Å². The molecule has 2 aliphatic heterocycles. The summed E-state index contributed by atoms with van der Waals surface area (Å²) in [6.45, 7) is 0.453. The van der Waals surface area contributed by atoms with Crippen LogP contribution in [0.25, 0.3) is 11.1 Å². The zero-order valence-corrected chi connectivity index (χ0v) is 18.2. The maximum Gasteiger partial charge on any atom is 0.322 e. The van der Waals surface area contributed by atoms with Gasteiger partial charge in [-0.15, -0.1) is 0 Å². The lowest BCUT2D eigenvalue weighted by atomic mass is 9.81. The average Bonchev–Trinajstić information content (AvgIpc) is 3.26. The zero-order valence-electron chi connectivity index (χ0n) is 18.2. The number of urea groups is 1. The minimum Gasteiger partial charge on any atom is -0.394 e. The maximum atomic E-state index is 14.1. The molecule has 170 valence electrons. The Morgan fingerprint density at radius 2 is 1.85 bits per heavy atom. The Morgan fingerprint density at radius 3 is 2.61 bits per heavy atom. The summed E-state index contributed by atoms with van der Waals surface area (Å²) in [7, 11) is 1.94. The molecule has 3 aromatic carbocycles. The van der Waals surface area contributed by atoms with Gasteiger partial charge < -0.3 is 20.2 Å². The summed E-state index contributed by atoms with van der Waals surface area (Å²) >= 11 is 0. The Hall–Kier alpha value is -3.45. The molecule has 3 atom stereocenters. The number of para-hydroxylation sites is 1. The van der Waals surface area contributed by atoms with Crippen LogP contribution < -0.4 is 10.2 Å². The standard InChI is InChI=1S/C26H25F2N3O2/c1-30-23-10-9-17(16-5-4-6-18(27)13-16)14-20(23)25-19(24(30)15-32)11-12-31(25)26(33)29-22-8-3-2-7-21(22)28/h2-10,13-14,19,24-25,32H,11-12,15H2,1H3,(H,29,33)/t19-,24-,25-/m1/s1. The smallest absolute Gasteiger partial charge is 0.322 e. The predicted octanol–water partition coefficient (Wildman–Crippen LogP) is 5.04. The van der Waals surface area contributed by atoms with Crippen LogP contribution in [0.15, 0.2) is 66.7 Å². The zero-order chi connectivity index (χ0) is 23.1. The third-order valence-corrected chi connectivity index (χ3v) is 6.88. The molecule has 1 fully saturated rings. The van der Waals surface area contributed by atoms with E-state index in [4.69, 9.17) is 0 Å². The Bertz CT molecular complexity index is 1200. The van der Waals surface area contributed by atoms with Gasteiger partial charge in [0.15, 0.2) is 0 Å². The van der Waals surface area contributed by atoms with Gasteiger partial charge >= 0.3 is 6.03 Å². The van der Waals surface area contributed by atoms with Gasteiger partial charge in [0.25, 0.3) is 0 Å². The van der Waals surface area contributed by atoms with E-state index in [-0.39, 0.29) is 42.1 Å². The SMILES string of the molecule is CN1c2ccc(-c3cccc(F)c3)cc2[C@H]2[C@H](CCN2C(=O)Nc2ccccc2F)[C@H]1CO. The van der Waals surface area contributed by atoms with Crippen LogP contribution in [0.3, 0.4) is 0 Å². The van der Waals surface area contributed by atoms with E-state index in [1.807, 2.05) is 31.3 Å². The second kappa shape index (κ2) is 8.48. The highest BCUT2D eigenvalue weighted by Crippen LogP contribution is 2.49. The molecule has 2 N–H and O–H groups in total. The fraction of sp³-hybridized carbons (Fsp3) is 0.269. The van der Waals surface area contributed by atoms with Crippen molar-refractivity contribution in [3.8, 4) is 11.1 Å². The molecule has 1 saturated heterocycles. The maximum absolute atomic E-state index is 14.1. The van der Waals surface area contributed by atoms with Crippen LogP contribution in [0.5, 0.6) is 0 Å². The molecule has 0 radical (unpaired) electrons. The lowest BCUT2D eigenvalue weighted by molar-refractivity contribution is 0.168. The van der Waals surface area contributed by atoms with Gasteiger partial charge in [-0.3, -0.25) is 0 Å². The van der Waals surface area contributed by atoms with Crippen LogP contribution in [-0.4, -0.2) is 42.3 Å². The first-order valence-corrected chi connectivity index (χ1v) is 11.0. The first-order valence-electron chi connectivity index (χ1n) is 11.0. The molecule has 33 heavy (non-hydrogen) atoms. The minimum atomic E-state index is -0.494. The number of hydrogen-bond donors (Lipinski definition) is 2. The van der Waals surface area contributed by atoms with Crippen LogP contribution in [0, 0.1) is 17.6 Å². The third kappa shape index (κ3) is 3.72. The van der Waals surface area contributed by atoms with Crippen LogP contribution in [0.4, 0.5) is 25.0 Å². The highest BCUT2D eigenvalue weighted by Gasteiger charge is 2.47. The van der Waals surface area contributed by atoms with E-state index in [0.29, 0.717) is 13.0 Å². The van der Waals surface area contributed by atoms with Crippen molar-refractivity contribution in [2.75, 3.05) is 30.4 Å². The van der Waals surface area contributed by atoms with Gasteiger partial charge in [0.1, 0.15) is 11.6 Å². The number of benzene rings is 3. The highest BCUT2D eigenvalue weighted by molar-refractivity contribution is 5.90. The number of likely N-dealkylation sites (tertiary alicyclic amines) is 1. The van der Waals surface area contributed by atoms with Crippen molar-refractivity contribution in [2.45, 2.75) is 18.5 Å². The molecule has 0 aromatic heterocycles. The van der Waals surface area contributed by atoms with Crippen molar-refractivity contribution in [2.24, 2.45) is 5.92 Å². The number of fused-ring (bicyclic) bond motifs is 3. The number of likely N-dealkylation sites (N-methyl/N-ethyl adjacent to an activating group) is 1. The third-order valence-electron chi connectivity index (χ3n) is 6.88. The number of rotatable bonds is 3. The van der Waals surface area contributed by atoms with Crippen LogP contribution in [0.2, 0.25) is 0 Å². The Kier molecular flexibility index (Phi) is 5.50. The fourth-order valence-electron chi connectivity index (χ4n) is 5.28. The van der Waals surface area contributed by atoms with E-state index in [1.54, 1.807) is 23.1 Å². The average molecular weight is 450 g/mol. The Morgan fingerprint density at radius 1 is 1.06 bits per heavy atom. The van der Waals surface area contributed by atoms with Crippen LogP contribution >= 0.6 is 0 Å². The van der Waals surface area contributed by atoms with E-state index in [2.05, 4.69) is 10.2 Å². The first-order chi connectivity index (χ1) is 16.0. The Balaban J connectivity index is 1.55. The summed E-state index contributed by atoms with van der Waals surface area (Å²) in [6, 6.07) is 17.6. The van der Waals surface area contributed by atoms with Crippen molar-refractivity contribution < 1.29 is 18.7 Å². The molecule has 0 bridgehead atoms. The number of carbonyl (C=O) groups excluding carboxylic acids is 1. The lowest BCUT2D eigenvalue weighted by Crippen LogP contribution is -2.48. The number of anilines is 2. The number of nitrogens with zero attached hydrogens (tertiary/aromatic N) is 2. The molecule has 2 aliphatic rings. The molecule has 0 aliphatic carbocycles. The van der Waals surface area contributed by atoms with Gasteiger partial charge in [-0.25, -0.2) is 13.6 Å². The highest BCUT2D eigenvalue weighted by atomic mass is 19.1. The summed E-state index contributed by atoms with van der Waals surface area (Å²) in [6.07, 6.45) is 0.717. The molecule has 0 unspecified atom stereocenters. The van der Waals surface area contributed by atoms with Crippen molar-refractivity contribution in [3.05, 3.63) is 83.9 Å². The number of halogens is 2. The van der Waals surface area contributed by atoms with Crippen molar-refractivity contribution in [1.82, 2.24) is 4.90 Å². The molecule has 5 rings (SSSR count). The largest absolute Gasteiger partial charge is 0.394 e. The van der Waals surface area contributed by atoms with E-state index in [1.165, 1.54) is 24.3 Å². The second-order valence-electron chi connectivity index (χ2n) is 8.65. The molecule has 0 spiro atoms. The molecule has 0 saturated carbocycles. The second-order valence-corrected chi connectivity index (χ2v) is 8.65. The number of nitrogens with one attached hydrogen (secondary N) is 1. The number of hydrogen-bond acceptors (Lipinski definition) is 3. The summed E-state index contributed by atoms with van der Waals surface area (Å²) in [5, 5.41) is 12.8. The monoisotopic (exact) mass is 449 g/mol. The van der Waals surface area contributed by atoms with Crippen molar-refractivity contribution in [3.63, 3.8) is 0 Å². The topological polar surface area (TPSA) is 55.8 Å². The molecule has 7 heteroatoms. The number of amides is 2. The number of aliphatic hydroxyl groups excluding tert-OH is 1. The molecule has 2 amide bonds. The summed E-state index contributed by atoms with van der Waals surface area (Å²) in [4.78, 5) is 17.0. The lowest BCUT2D eigenvalue weighted by Gasteiger charge is -2.44. The number of carbonyl (C=O) groups is 1. The summed E-state index contributed by atoms with van der Waals surface area (Å²) < 4.78 is 28.0. The van der Waals surface area contributed by atoms with Crippen molar-refractivity contribution in [1.29, 1.82) is 0 Å². The van der Waals surface area contributed by atoms with Crippen LogP contribution in [-0.2, 0) is 0 Å². The summed E-state index contributed by atoms with van der Waals surface area (Å²) in [5.41, 5.74) is 3.59. The molecule has 5 nitrogen and oxygen atoms in total. The van der Waals surface area contributed by atoms with Gasteiger partial charge in [-0.05, 0) is 59.5 Å². The minimum absolute atomic E-state index is 0.0154. The normalized spacial score (nSPS) is 21.5. The van der Waals surface area contributed by atoms with E-state index < -0.39 is 5.82 Å². The predicted molar refractivity (Wildman–Crippen MR) is 124 cm³/mol. The number of aliphatic hydroxyl groups is 1. The van der Waals surface area contributed by atoms with E-state index >= 15 is 0 Å². The van der Waals surface area contributed by atoms with E-state index in [0.717, 1.165) is 22.4 Å². The fourth-order valence-corrected chi connectivity index (χ4v) is 5.28. The summed E-state index contributed by atoms with van der Waals surface area (Å²) in [5.74, 6) is -0.791. The van der Waals surface area contributed by atoms with E-state index in [9.17, 15) is 18.7 Å². The van der Waals surface area contributed by atoms with Crippen LogP contribution in [0.1, 0.15) is 18.0 Å². The molecular formula is C26H25F2N3O2. The quantitative estimate of drug-likeness (QED) is 0.589. The van der Waals surface area contributed by atoms with Gasteiger partial charge in [0, 0.05) is 25.2 Å². The van der Waals surface area contributed by atoms with Gasteiger partial charge in [-0.1, -0.05) is 30.3 Å². The van der Waals surface area contributed by atoms with Gasteiger partial charge in [-0.2, -0.15) is 0 Å².